The highest BCUT2D eigenvalue weighted by Gasteiger charge is 2.13. The van der Waals surface area contributed by atoms with E-state index in [0.717, 1.165) is 5.75 Å². The molecule has 1 amide bonds. The summed E-state index contributed by atoms with van der Waals surface area (Å²) in [5.74, 6) is 1.65. The summed E-state index contributed by atoms with van der Waals surface area (Å²) < 4.78 is 16.5. The number of hydrogen-bond donors (Lipinski definition) is 2. The Morgan fingerprint density at radius 1 is 1.00 bits per heavy atom. The number of hydrogen-bond acceptors (Lipinski definition) is 5. The molecule has 0 saturated carbocycles. The van der Waals surface area contributed by atoms with Crippen LogP contribution in [-0.4, -0.2) is 17.6 Å². The first-order valence-corrected chi connectivity index (χ1v) is 8.19. The van der Waals surface area contributed by atoms with Crippen LogP contribution in [-0.2, 0) is 6.61 Å². The first kappa shape index (κ1) is 17.4. The van der Waals surface area contributed by atoms with Crippen molar-refractivity contribution < 1.29 is 23.8 Å². The highest BCUT2D eigenvalue weighted by atomic mass is 16.5. The van der Waals surface area contributed by atoms with Gasteiger partial charge >= 0.3 is 0 Å². The lowest BCUT2D eigenvalue weighted by molar-refractivity contribution is 0.0992. The molecule has 0 fully saturated rings. The molecule has 0 spiro atoms. The van der Waals surface area contributed by atoms with Gasteiger partial charge in [-0.1, -0.05) is 12.1 Å². The van der Waals surface area contributed by atoms with Crippen molar-refractivity contribution in [2.45, 2.75) is 13.5 Å². The minimum Gasteiger partial charge on any atom is -0.506 e. The summed E-state index contributed by atoms with van der Waals surface area (Å²) in [4.78, 5) is 12.2. The first-order valence-electron chi connectivity index (χ1n) is 8.19. The molecule has 6 heteroatoms. The second-order valence-corrected chi connectivity index (χ2v) is 5.43. The van der Waals surface area contributed by atoms with E-state index in [1.165, 1.54) is 6.07 Å². The highest BCUT2D eigenvalue weighted by molar-refractivity contribution is 6.03. The predicted octanol–water partition coefficient (Wildman–Crippen LogP) is 4.22. The number of phenols is 1. The molecule has 26 heavy (non-hydrogen) atoms. The third-order valence-electron chi connectivity index (χ3n) is 3.55. The summed E-state index contributed by atoms with van der Waals surface area (Å²) in [6.45, 7) is 2.73. The molecule has 134 valence electrons. The summed E-state index contributed by atoms with van der Waals surface area (Å²) >= 11 is 0. The Morgan fingerprint density at radius 2 is 1.69 bits per heavy atom. The molecule has 3 rings (SSSR count). The Hall–Kier alpha value is -3.41. The number of nitrogens with one attached hydrogen (secondary N) is 1. The van der Waals surface area contributed by atoms with E-state index in [2.05, 4.69) is 5.32 Å². The Morgan fingerprint density at radius 3 is 2.38 bits per heavy atom. The van der Waals surface area contributed by atoms with Gasteiger partial charge in [-0.3, -0.25) is 4.79 Å². The summed E-state index contributed by atoms with van der Waals surface area (Å²) in [5.41, 5.74) is 0.320. The van der Waals surface area contributed by atoms with Crippen molar-refractivity contribution in [2.75, 3.05) is 11.9 Å². The summed E-state index contributed by atoms with van der Waals surface area (Å²) in [6.07, 6.45) is 0. The van der Waals surface area contributed by atoms with Gasteiger partial charge in [-0.05, 0) is 55.5 Å². The fraction of sp³-hybridized carbons (Fsp3) is 0.150. The molecule has 1 aromatic heterocycles. The Labute approximate surface area is 151 Å². The second-order valence-electron chi connectivity index (χ2n) is 5.43. The standard InChI is InChI=1S/C20H19NO5/c1-2-24-14-7-9-15(10-8-14)25-13-16-11-12-19(26-16)20(23)21-17-5-3-4-6-18(17)22/h3-12,22H,2,13H2,1H3,(H,21,23). The number of carbonyl (C=O) groups excluding carboxylic acids is 1. The van der Waals surface area contributed by atoms with Crippen molar-refractivity contribution in [3.05, 3.63) is 72.2 Å². The molecule has 1 heterocycles. The number of anilines is 1. The van der Waals surface area contributed by atoms with Crippen molar-refractivity contribution in [3.63, 3.8) is 0 Å². The smallest absolute Gasteiger partial charge is 0.291 e. The number of para-hydroxylation sites is 2. The molecule has 0 bridgehead atoms. The molecular weight excluding hydrogens is 334 g/mol. The van der Waals surface area contributed by atoms with Crippen LogP contribution in [0.1, 0.15) is 23.2 Å². The Kier molecular flexibility index (Phi) is 5.43. The number of phenolic OH excluding ortho intramolecular Hbond substituents is 1. The zero-order valence-corrected chi connectivity index (χ0v) is 14.3. The van der Waals surface area contributed by atoms with E-state index in [1.807, 2.05) is 19.1 Å². The van der Waals surface area contributed by atoms with Crippen LogP contribution in [0.15, 0.2) is 65.1 Å². The van der Waals surface area contributed by atoms with Crippen LogP contribution in [0.5, 0.6) is 17.2 Å². The van der Waals surface area contributed by atoms with Crippen molar-refractivity contribution in [1.82, 2.24) is 0 Å². The zero-order valence-electron chi connectivity index (χ0n) is 14.3. The van der Waals surface area contributed by atoms with Crippen LogP contribution in [0.2, 0.25) is 0 Å². The Balaban J connectivity index is 1.57. The zero-order chi connectivity index (χ0) is 18.4. The number of furan rings is 1. The molecule has 2 aromatic carbocycles. The van der Waals surface area contributed by atoms with Crippen LogP contribution in [0.25, 0.3) is 0 Å². The van der Waals surface area contributed by atoms with Gasteiger partial charge < -0.3 is 24.3 Å². The van der Waals surface area contributed by atoms with Gasteiger partial charge in [-0.25, -0.2) is 0 Å². The lowest BCUT2D eigenvalue weighted by atomic mass is 10.3. The molecule has 3 aromatic rings. The van der Waals surface area contributed by atoms with E-state index in [-0.39, 0.29) is 18.1 Å². The van der Waals surface area contributed by atoms with Gasteiger partial charge in [0.15, 0.2) is 5.76 Å². The van der Waals surface area contributed by atoms with Crippen LogP contribution in [0.3, 0.4) is 0 Å². The number of amides is 1. The topological polar surface area (TPSA) is 80.9 Å². The molecular formula is C20H19NO5. The van der Waals surface area contributed by atoms with Gasteiger partial charge in [-0.15, -0.1) is 0 Å². The molecule has 0 unspecified atom stereocenters. The van der Waals surface area contributed by atoms with E-state index in [9.17, 15) is 9.90 Å². The number of rotatable bonds is 7. The average molecular weight is 353 g/mol. The van der Waals surface area contributed by atoms with Crippen molar-refractivity contribution in [3.8, 4) is 17.2 Å². The Bertz CT molecular complexity index is 870. The maximum absolute atomic E-state index is 12.2. The van der Waals surface area contributed by atoms with Gasteiger partial charge in [0.2, 0.25) is 0 Å². The van der Waals surface area contributed by atoms with E-state index < -0.39 is 5.91 Å². The second kappa shape index (κ2) is 8.11. The van der Waals surface area contributed by atoms with Crippen LogP contribution in [0.4, 0.5) is 5.69 Å². The minimum absolute atomic E-state index is 0.00791. The highest BCUT2D eigenvalue weighted by Crippen LogP contribution is 2.23. The van der Waals surface area contributed by atoms with Crippen LogP contribution < -0.4 is 14.8 Å². The fourth-order valence-corrected chi connectivity index (χ4v) is 2.29. The van der Waals surface area contributed by atoms with Gasteiger partial charge in [-0.2, -0.15) is 0 Å². The third kappa shape index (κ3) is 4.36. The largest absolute Gasteiger partial charge is 0.506 e. The normalized spacial score (nSPS) is 10.3. The number of benzene rings is 2. The molecule has 6 nitrogen and oxygen atoms in total. The van der Waals surface area contributed by atoms with Crippen LogP contribution in [0, 0.1) is 0 Å². The van der Waals surface area contributed by atoms with Gasteiger partial charge in [0, 0.05) is 0 Å². The van der Waals surface area contributed by atoms with E-state index in [1.54, 1.807) is 42.5 Å². The molecule has 0 aliphatic heterocycles. The third-order valence-corrected chi connectivity index (χ3v) is 3.55. The summed E-state index contributed by atoms with van der Waals surface area (Å²) in [5, 5.41) is 12.3. The maximum Gasteiger partial charge on any atom is 0.291 e. The molecule has 0 radical (unpaired) electrons. The molecule has 0 aliphatic carbocycles. The average Bonchev–Trinajstić information content (AvgIpc) is 3.12. The lowest BCUT2D eigenvalue weighted by Gasteiger charge is -2.07. The fourth-order valence-electron chi connectivity index (χ4n) is 2.29. The summed E-state index contributed by atoms with van der Waals surface area (Å²) in [7, 11) is 0. The van der Waals surface area contributed by atoms with Crippen molar-refractivity contribution in [2.24, 2.45) is 0 Å². The van der Waals surface area contributed by atoms with E-state index in [4.69, 9.17) is 13.9 Å². The minimum atomic E-state index is -0.446. The van der Waals surface area contributed by atoms with E-state index in [0.29, 0.717) is 23.8 Å². The SMILES string of the molecule is CCOc1ccc(OCc2ccc(C(=O)Nc3ccccc3O)o2)cc1. The molecule has 0 atom stereocenters. The first-order chi connectivity index (χ1) is 12.7. The predicted molar refractivity (Wildman–Crippen MR) is 96.7 cm³/mol. The van der Waals surface area contributed by atoms with Gasteiger partial charge in [0.1, 0.15) is 29.6 Å². The van der Waals surface area contributed by atoms with Crippen molar-refractivity contribution in [1.29, 1.82) is 0 Å². The maximum atomic E-state index is 12.2. The summed E-state index contributed by atoms with van der Waals surface area (Å²) in [6, 6.07) is 17.0. The van der Waals surface area contributed by atoms with E-state index >= 15 is 0 Å². The van der Waals surface area contributed by atoms with Gasteiger partial charge in [0.05, 0.1) is 12.3 Å². The number of carbonyl (C=O) groups is 1. The van der Waals surface area contributed by atoms with Crippen molar-refractivity contribution >= 4 is 11.6 Å². The number of ether oxygens (including phenoxy) is 2. The van der Waals surface area contributed by atoms with Gasteiger partial charge in [0.25, 0.3) is 5.91 Å². The lowest BCUT2D eigenvalue weighted by Crippen LogP contribution is -2.10. The molecule has 0 aliphatic rings. The monoisotopic (exact) mass is 353 g/mol. The molecule has 2 N–H and O–H groups in total. The van der Waals surface area contributed by atoms with Crippen LogP contribution >= 0.6 is 0 Å². The number of aromatic hydroxyl groups is 1. The molecule has 0 saturated heterocycles. The quantitative estimate of drug-likeness (QED) is 0.622.